The first-order valence-corrected chi connectivity index (χ1v) is 6.37. The van der Waals surface area contributed by atoms with Crippen LogP contribution in [0.25, 0.3) is 0 Å². The standard InChI is InChI=1S/C14H12Cl2FNO/c1-19-11-4-2-3-9(5-11)8-18-14-12(15)6-10(17)7-13(14)16/h2-7,18H,8H2,1H3. The predicted molar refractivity (Wildman–Crippen MR) is 76.7 cm³/mol. The van der Waals surface area contributed by atoms with E-state index in [0.717, 1.165) is 11.3 Å². The fourth-order valence-electron chi connectivity index (χ4n) is 1.68. The SMILES string of the molecule is COc1cccc(CNc2c(Cl)cc(F)cc2Cl)c1. The van der Waals surface area contributed by atoms with Crippen LogP contribution in [0.15, 0.2) is 36.4 Å². The summed E-state index contributed by atoms with van der Waals surface area (Å²) in [5.74, 6) is 0.317. The Kier molecular flexibility index (Phi) is 4.51. The molecule has 0 saturated heterocycles. The highest BCUT2D eigenvalue weighted by molar-refractivity contribution is 6.39. The molecule has 0 aromatic heterocycles. The van der Waals surface area contributed by atoms with Crippen LogP contribution in [0.4, 0.5) is 10.1 Å². The number of anilines is 1. The van der Waals surface area contributed by atoms with Crippen molar-refractivity contribution < 1.29 is 9.13 Å². The van der Waals surface area contributed by atoms with Crippen molar-refractivity contribution in [2.24, 2.45) is 0 Å². The van der Waals surface area contributed by atoms with E-state index in [2.05, 4.69) is 5.32 Å². The van der Waals surface area contributed by atoms with Gasteiger partial charge >= 0.3 is 0 Å². The predicted octanol–water partition coefficient (Wildman–Crippen LogP) is 4.75. The molecule has 0 heterocycles. The number of methoxy groups -OCH3 is 1. The van der Waals surface area contributed by atoms with E-state index in [4.69, 9.17) is 27.9 Å². The molecule has 0 aliphatic heterocycles. The lowest BCUT2D eigenvalue weighted by Crippen LogP contribution is -2.01. The molecule has 19 heavy (non-hydrogen) atoms. The third-order valence-corrected chi connectivity index (χ3v) is 3.21. The average Bonchev–Trinajstić information content (AvgIpc) is 2.37. The number of hydrogen-bond acceptors (Lipinski definition) is 2. The Morgan fingerprint density at radius 1 is 1.16 bits per heavy atom. The van der Waals surface area contributed by atoms with E-state index in [1.54, 1.807) is 7.11 Å². The van der Waals surface area contributed by atoms with Crippen molar-refractivity contribution in [1.82, 2.24) is 0 Å². The van der Waals surface area contributed by atoms with Crippen molar-refractivity contribution in [1.29, 1.82) is 0 Å². The molecule has 0 bridgehead atoms. The monoisotopic (exact) mass is 299 g/mol. The van der Waals surface area contributed by atoms with Gasteiger partial charge in [-0.3, -0.25) is 0 Å². The second-order valence-electron chi connectivity index (χ2n) is 3.95. The van der Waals surface area contributed by atoms with Gasteiger partial charge in [0.05, 0.1) is 22.8 Å². The van der Waals surface area contributed by atoms with Gasteiger partial charge in [-0.25, -0.2) is 4.39 Å². The van der Waals surface area contributed by atoms with Gasteiger partial charge in [-0.2, -0.15) is 0 Å². The molecule has 0 amide bonds. The zero-order valence-corrected chi connectivity index (χ0v) is 11.7. The number of halogens is 3. The lowest BCUT2D eigenvalue weighted by Gasteiger charge is -2.11. The van der Waals surface area contributed by atoms with Gasteiger partial charge in [-0.15, -0.1) is 0 Å². The molecule has 2 aromatic carbocycles. The average molecular weight is 300 g/mol. The Morgan fingerprint density at radius 2 is 1.84 bits per heavy atom. The maximum absolute atomic E-state index is 13.1. The van der Waals surface area contributed by atoms with Crippen molar-refractivity contribution in [2.45, 2.75) is 6.54 Å². The van der Waals surface area contributed by atoms with E-state index in [-0.39, 0.29) is 10.0 Å². The summed E-state index contributed by atoms with van der Waals surface area (Å²) in [6, 6.07) is 10.0. The molecule has 0 atom stereocenters. The molecular weight excluding hydrogens is 288 g/mol. The maximum Gasteiger partial charge on any atom is 0.126 e. The van der Waals surface area contributed by atoms with Gasteiger partial charge in [-0.05, 0) is 29.8 Å². The molecule has 5 heteroatoms. The molecule has 0 spiro atoms. The molecule has 2 rings (SSSR count). The molecular formula is C14H12Cl2FNO. The highest BCUT2D eigenvalue weighted by Gasteiger charge is 2.08. The Balaban J connectivity index is 2.14. The number of rotatable bonds is 4. The Morgan fingerprint density at radius 3 is 2.47 bits per heavy atom. The van der Waals surface area contributed by atoms with Crippen LogP contribution in [0.5, 0.6) is 5.75 Å². The van der Waals surface area contributed by atoms with Crippen molar-refractivity contribution in [2.75, 3.05) is 12.4 Å². The van der Waals surface area contributed by atoms with Crippen LogP contribution in [0.1, 0.15) is 5.56 Å². The highest BCUT2D eigenvalue weighted by Crippen LogP contribution is 2.31. The van der Waals surface area contributed by atoms with Crippen LogP contribution in [-0.4, -0.2) is 7.11 Å². The van der Waals surface area contributed by atoms with Crippen molar-refractivity contribution in [3.63, 3.8) is 0 Å². The normalized spacial score (nSPS) is 10.3. The molecule has 0 aliphatic carbocycles. The minimum atomic E-state index is -0.457. The smallest absolute Gasteiger partial charge is 0.126 e. The zero-order chi connectivity index (χ0) is 13.8. The first-order chi connectivity index (χ1) is 9.10. The van der Waals surface area contributed by atoms with Gasteiger partial charge < -0.3 is 10.1 Å². The summed E-state index contributed by atoms with van der Waals surface area (Å²) in [6.45, 7) is 0.516. The first kappa shape index (κ1) is 14.0. The van der Waals surface area contributed by atoms with Crippen LogP contribution in [-0.2, 0) is 6.54 Å². The van der Waals surface area contributed by atoms with Crippen molar-refractivity contribution >= 4 is 28.9 Å². The lowest BCUT2D eigenvalue weighted by atomic mass is 10.2. The Labute approximate surface area is 121 Å². The third-order valence-electron chi connectivity index (χ3n) is 2.61. The largest absolute Gasteiger partial charge is 0.497 e. The van der Waals surface area contributed by atoms with Crippen LogP contribution in [0, 0.1) is 5.82 Å². The molecule has 0 saturated carbocycles. The van der Waals surface area contributed by atoms with Crippen LogP contribution < -0.4 is 10.1 Å². The summed E-state index contributed by atoms with van der Waals surface area (Å²) in [6.07, 6.45) is 0. The maximum atomic E-state index is 13.1. The summed E-state index contributed by atoms with van der Waals surface area (Å²) in [4.78, 5) is 0. The van der Waals surface area contributed by atoms with Crippen molar-refractivity contribution in [3.8, 4) is 5.75 Å². The fraction of sp³-hybridized carbons (Fsp3) is 0.143. The number of ether oxygens (including phenoxy) is 1. The number of nitrogens with one attached hydrogen (secondary N) is 1. The van der Waals surface area contributed by atoms with Crippen molar-refractivity contribution in [3.05, 3.63) is 57.8 Å². The molecule has 2 nitrogen and oxygen atoms in total. The van der Waals surface area contributed by atoms with Gasteiger partial charge in [0.1, 0.15) is 11.6 Å². The molecule has 2 aromatic rings. The number of hydrogen-bond donors (Lipinski definition) is 1. The molecule has 0 radical (unpaired) electrons. The molecule has 0 aliphatic rings. The quantitative estimate of drug-likeness (QED) is 0.879. The molecule has 100 valence electrons. The van der Waals surface area contributed by atoms with Gasteiger partial charge in [0.2, 0.25) is 0 Å². The second kappa shape index (κ2) is 6.13. The van der Waals surface area contributed by atoms with E-state index < -0.39 is 5.82 Å². The topological polar surface area (TPSA) is 21.3 Å². The zero-order valence-electron chi connectivity index (χ0n) is 10.2. The van der Waals surface area contributed by atoms with Crippen LogP contribution in [0.3, 0.4) is 0 Å². The van der Waals surface area contributed by atoms with E-state index in [1.165, 1.54) is 12.1 Å². The highest BCUT2D eigenvalue weighted by atomic mass is 35.5. The Bertz CT molecular complexity index is 566. The minimum absolute atomic E-state index is 0.257. The summed E-state index contributed by atoms with van der Waals surface area (Å²) in [5, 5.41) is 3.60. The fourth-order valence-corrected chi connectivity index (χ4v) is 2.28. The third kappa shape index (κ3) is 3.52. The summed E-state index contributed by atoms with van der Waals surface area (Å²) in [5.41, 5.74) is 1.53. The van der Waals surface area contributed by atoms with E-state index in [1.807, 2.05) is 24.3 Å². The van der Waals surface area contributed by atoms with Gasteiger partial charge in [-0.1, -0.05) is 35.3 Å². The van der Waals surface area contributed by atoms with Crippen LogP contribution in [0.2, 0.25) is 10.0 Å². The van der Waals surface area contributed by atoms with E-state index >= 15 is 0 Å². The van der Waals surface area contributed by atoms with Crippen LogP contribution >= 0.6 is 23.2 Å². The second-order valence-corrected chi connectivity index (χ2v) is 4.76. The summed E-state index contributed by atoms with van der Waals surface area (Å²) >= 11 is 11.9. The number of benzene rings is 2. The first-order valence-electron chi connectivity index (χ1n) is 5.61. The Hall–Kier alpha value is -1.45. The van der Waals surface area contributed by atoms with E-state index in [9.17, 15) is 4.39 Å². The molecule has 0 unspecified atom stereocenters. The minimum Gasteiger partial charge on any atom is -0.497 e. The van der Waals surface area contributed by atoms with Gasteiger partial charge in [0, 0.05) is 6.54 Å². The summed E-state index contributed by atoms with van der Waals surface area (Å²) < 4.78 is 18.2. The molecule has 1 N–H and O–H groups in total. The summed E-state index contributed by atoms with van der Waals surface area (Å²) in [7, 11) is 1.61. The van der Waals surface area contributed by atoms with E-state index in [0.29, 0.717) is 12.2 Å². The lowest BCUT2D eigenvalue weighted by molar-refractivity contribution is 0.414. The van der Waals surface area contributed by atoms with Gasteiger partial charge in [0.25, 0.3) is 0 Å². The molecule has 0 fully saturated rings. The van der Waals surface area contributed by atoms with Gasteiger partial charge in [0.15, 0.2) is 0 Å².